The summed E-state index contributed by atoms with van der Waals surface area (Å²) in [4.78, 5) is 48.8. The Morgan fingerprint density at radius 2 is 1.77 bits per heavy atom. The minimum absolute atomic E-state index is 0.0903. The summed E-state index contributed by atoms with van der Waals surface area (Å²) in [5.74, 6) is 1.24. The van der Waals surface area contributed by atoms with Crippen LogP contribution in [0.3, 0.4) is 0 Å². The normalized spacial score (nSPS) is 16.6. The van der Waals surface area contributed by atoms with Gasteiger partial charge in [0.25, 0.3) is 0 Å². The van der Waals surface area contributed by atoms with E-state index < -0.39 is 12.1 Å². The van der Waals surface area contributed by atoms with Gasteiger partial charge in [0.05, 0.1) is 49.5 Å². The SMILES string of the molecule is Cc1sc2c(c1C)C(c1ccc(Cl)cc1)=N[C@@H](CC(=O)NCCOCCOCCOc1cccc3c1c1cccnc1n3C1CCC(=O)NC1=O)c1nnc(C)n1-2. The Morgan fingerprint density at radius 1 is 0.982 bits per heavy atom. The van der Waals surface area contributed by atoms with E-state index >= 15 is 0 Å². The number of amides is 3. The van der Waals surface area contributed by atoms with Crippen molar-refractivity contribution in [2.75, 3.05) is 39.6 Å². The number of aryl methyl sites for hydroxylation is 2. The maximum Gasteiger partial charge on any atom is 0.249 e. The summed E-state index contributed by atoms with van der Waals surface area (Å²) in [6.45, 7) is 8.06. The monoisotopic (exact) mass is 808 g/mol. The highest BCUT2D eigenvalue weighted by Gasteiger charge is 2.33. The van der Waals surface area contributed by atoms with Gasteiger partial charge in [0.1, 0.15) is 40.9 Å². The molecule has 0 aliphatic carbocycles. The molecule has 14 nitrogen and oxygen atoms in total. The van der Waals surface area contributed by atoms with E-state index in [1.54, 1.807) is 17.5 Å². The minimum atomic E-state index is -0.555. The van der Waals surface area contributed by atoms with Gasteiger partial charge in [0.15, 0.2) is 5.82 Å². The summed E-state index contributed by atoms with van der Waals surface area (Å²) in [7, 11) is 0. The van der Waals surface area contributed by atoms with E-state index in [1.807, 2.05) is 70.7 Å². The Labute approximate surface area is 337 Å². The number of ether oxygens (including phenoxy) is 3. The molecule has 6 aromatic rings. The number of rotatable bonds is 14. The first-order valence-electron chi connectivity index (χ1n) is 18.8. The molecule has 6 heterocycles. The fourth-order valence-corrected chi connectivity index (χ4v) is 8.77. The first kappa shape index (κ1) is 38.4. The van der Waals surface area contributed by atoms with E-state index in [0.29, 0.717) is 68.2 Å². The van der Waals surface area contributed by atoms with Gasteiger partial charge in [-0.2, -0.15) is 0 Å². The molecule has 1 unspecified atom stereocenters. The molecule has 2 aliphatic rings. The fraction of sp³-hybridized carbons (Fsp3) is 0.341. The zero-order chi connectivity index (χ0) is 39.6. The third-order valence-corrected chi connectivity index (χ3v) is 11.7. The van der Waals surface area contributed by atoms with Crippen molar-refractivity contribution in [3.63, 3.8) is 0 Å². The Balaban J connectivity index is 0.820. The molecule has 1 saturated heterocycles. The van der Waals surface area contributed by atoms with Crippen molar-refractivity contribution >= 4 is 68.3 Å². The number of nitrogens with one attached hydrogen (secondary N) is 2. The van der Waals surface area contributed by atoms with Crippen LogP contribution in [0.2, 0.25) is 5.02 Å². The van der Waals surface area contributed by atoms with E-state index in [1.165, 1.54) is 4.88 Å². The van der Waals surface area contributed by atoms with Gasteiger partial charge in [-0.15, -0.1) is 21.5 Å². The van der Waals surface area contributed by atoms with Crippen molar-refractivity contribution in [1.82, 2.24) is 34.9 Å². The van der Waals surface area contributed by atoms with Crippen LogP contribution in [0.25, 0.3) is 26.9 Å². The number of nitrogens with zero attached hydrogens (tertiary/aromatic N) is 6. The lowest BCUT2D eigenvalue weighted by Gasteiger charge is -2.23. The average Bonchev–Trinajstić information content (AvgIpc) is 3.81. The molecule has 3 amide bonds. The largest absolute Gasteiger partial charge is 0.490 e. The van der Waals surface area contributed by atoms with Crippen molar-refractivity contribution in [2.24, 2.45) is 4.99 Å². The number of piperidine rings is 1. The van der Waals surface area contributed by atoms with Crippen LogP contribution < -0.4 is 15.4 Å². The van der Waals surface area contributed by atoms with E-state index in [-0.39, 0.29) is 30.6 Å². The van der Waals surface area contributed by atoms with Crippen LogP contribution in [-0.2, 0) is 23.9 Å². The van der Waals surface area contributed by atoms with Gasteiger partial charge in [-0.3, -0.25) is 29.3 Å². The predicted molar refractivity (Wildman–Crippen MR) is 217 cm³/mol. The Morgan fingerprint density at radius 3 is 2.58 bits per heavy atom. The Bertz CT molecular complexity index is 2530. The molecule has 0 saturated carbocycles. The molecule has 2 N–H and O–H groups in total. The van der Waals surface area contributed by atoms with Crippen molar-refractivity contribution in [3.8, 4) is 10.8 Å². The first-order chi connectivity index (χ1) is 27.7. The molecule has 16 heteroatoms. The summed E-state index contributed by atoms with van der Waals surface area (Å²) in [6, 6.07) is 16.0. The number of hydrogen-bond acceptors (Lipinski definition) is 11. The third-order valence-electron chi connectivity index (χ3n) is 10.2. The highest BCUT2D eigenvalue weighted by molar-refractivity contribution is 7.15. The lowest BCUT2D eigenvalue weighted by Crippen LogP contribution is -2.41. The molecule has 4 aromatic heterocycles. The standard InChI is InChI=1S/C41H41ClN8O6S/c1-23-24(2)57-41-35(23)37(26-9-11-27(42)12-10-26)45-29(39-48-47-25(3)49(39)41)22-34(52)43-16-17-54-18-19-55-20-21-56-32-8-4-7-30-36(32)28-6-5-15-44-38(28)50(30)31-13-14-33(51)46-40(31)53/h4-12,15,29,31H,13-14,16-22H2,1-3H3,(H,43,52)(H,46,51,53)/t29-,31?/m0/s1. The topological polar surface area (TPSA) is 164 Å². The average molecular weight is 809 g/mol. The molecular formula is C41H41ClN8O6S. The van der Waals surface area contributed by atoms with Crippen molar-refractivity contribution in [1.29, 1.82) is 0 Å². The number of aromatic nitrogens is 5. The second-order valence-electron chi connectivity index (χ2n) is 13.9. The summed E-state index contributed by atoms with van der Waals surface area (Å²) < 4.78 is 21.6. The van der Waals surface area contributed by atoms with Crippen LogP contribution >= 0.6 is 22.9 Å². The Kier molecular flexibility index (Phi) is 11.1. The van der Waals surface area contributed by atoms with E-state index in [4.69, 9.17) is 30.8 Å². The lowest BCUT2D eigenvalue weighted by atomic mass is 9.99. The zero-order valence-electron chi connectivity index (χ0n) is 31.7. The highest BCUT2D eigenvalue weighted by atomic mass is 35.5. The van der Waals surface area contributed by atoms with Gasteiger partial charge < -0.3 is 24.1 Å². The minimum Gasteiger partial charge on any atom is -0.490 e. The number of carbonyl (C=O) groups excluding carboxylic acids is 3. The fourth-order valence-electron chi connectivity index (χ4n) is 7.43. The third kappa shape index (κ3) is 7.67. The maximum absolute atomic E-state index is 13.3. The van der Waals surface area contributed by atoms with Crippen molar-refractivity contribution in [3.05, 3.63) is 99.0 Å². The summed E-state index contributed by atoms with van der Waals surface area (Å²) >= 11 is 7.89. The second kappa shape index (κ2) is 16.5. The van der Waals surface area contributed by atoms with Gasteiger partial charge >= 0.3 is 0 Å². The zero-order valence-corrected chi connectivity index (χ0v) is 33.3. The molecular weight excluding hydrogens is 768 g/mol. The molecule has 2 aliphatic heterocycles. The first-order valence-corrected chi connectivity index (χ1v) is 20.0. The van der Waals surface area contributed by atoms with E-state index in [2.05, 4.69) is 39.7 Å². The van der Waals surface area contributed by atoms with Gasteiger partial charge in [-0.1, -0.05) is 29.8 Å². The molecule has 2 atom stereocenters. The second-order valence-corrected chi connectivity index (χ2v) is 15.5. The number of halogens is 1. The van der Waals surface area contributed by atoms with Crippen LogP contribution in [0.15, 0.2) is 65.8 Å². The summed E-state index contributed by atoms with van der Waals surface area (Å²) in [5, 5.41) is 17.6. The van der Waals surface area contributed by atoms with Crippen LogP contribution in [0.1, 0.15) is 64.6 Å². The number of pyridine rings is 1. The lowest BCUT2D eigenvalue weighted by molar-refractivity contribution is -0.135. The highest BCUT2D eigenvalue weighted by Crippen LogP contribution is 2.40. The number of benzene rings is 2. The molecule has 0 bridgehead atoms. The molecule has 0 spiro atoms. The number of thiophene rings is 1. The van der Waals surface area contributed by atoms with Crippen LogP contribution in [0.5, 0.6) is 5.75 Å². The van der Waals surface area contributed by atoms with Crippen LogP contribution in [-0.4, -0.2) is 87.3 Å². The molecule has 8 rings (SSSR count). The van der Waals surface area contributed by atoms with Gasteiger partial charge in [-0.05, 0) is 69.2 Å². The quantitative estimate of drug-likeness (QED) is 0.101. The van der Waals surface area contributed by atoms with Gasteiger partial charge in [-0.25, -0.2) is 4.98 Å². The van der Waals surface area contributed by atoms with Crippen LogP contribution in [0, 0.1) is 20.8 Å². The molecule has 0 radical (unpaired) electrons. The Hall–Kier alpha value is -5.48. The van der Waals surface area contributed by atoms with E-state index in [9.17, 15) is 14.4 Å². The van der Waals surface area contributed by atoms with Crippen molar-refractivity contribution in [2.45, 2.75) is 52.1 Å². The van der Waals surface area contributed by atoms with Crippen LogP contribution in [0.4, 0.5) is 0 Å². The molecule has 1 fully saturated rings. The number of imide groups is 1. The number of fused-ring (bicyclic) bond motifs is 6. The smallest absolute Gasteiger partial charge is 0.249 e. The van der Waals surface area contributed by atoms with Crippen molar-refractivity contribution < 1.29 is 28.6 Å². The molecule has 2 aromatic carbocycles. The van der Waals surface area contributed by atoms with E-state index in [0.717, 1.165) is 49.5 Å². The predicted octanol–water partition coefficient (Wildman–Crippen LogP) is 5.90. The maximum atomic E-state index is 13.3. The number of hydrogen-bond donors (Lipinski definition) is 2. The molecule has 57 heavy (non-hydrogen) atoms. The number of carbonyl (C=O) groups is 3. The van der Waals surface area contributed by atoms with Gasteiger partial charge in [0.2, 0.25) is 17.7 Å². The number of aliphatic imine (C=N–C) groups is 1. The summed E-state index contributed by atoms with van der Waals surface area (Å²) in [6.07, 6.45) is 2.45. The molecule has 294 valence electrons. The van der Waals surface area contributed by atoms with Gasteiger partial charge in [0, 0.05) is 45.6 Å². The summed E-state index contributed by atoms with van der Waals surface area (Å²) in [5.41, 5.74) is 5.32.